The lowest BCUT2D eigenvalue weighted by Gasteiger charge is -2.15. The molecular weight excluding hydrogens is 193 g/mol. The molecule has 1 aromatic carbocycles. The van der Waals surface area contributed by atoms with Crippen LogP contribution in [0.5, 0.6) is 0 Å². The largest absolute Gasteiger partial charge is 0.391 e. The van der Waals surface area contributed by atoms with Crippen molar-refractivity contribution in [1.82, 2.24) is 0 Å². The highest BCUT2D eigenvalue weighted by Gasteiger charge is 2.15. The molecule has 0 aromatic heterocycles. The number of rotatable bonds is 2. The van der Waals surface area contributed by atoms with E-state index in [9.17, 15) is 4.39 Å². The maximum Gasteiger partial charge on any atom is 0.129 e. The molecule has 13 heavy (non-hydrogen) atoms. The van der Waals surface area contributed by atoms with E-state index in [0.717, 1.165) is 0 Å². The Hall–Kier alpha value is -0.640. The summed E-state index contributed by atoms with van der Waals surface area (Å²) in [6.07, 6.45) is -0.782. The van der Waals surface area contributed by atoms with Gasteiger partial charge in [0, 0.05) is 10.6 Å². The van der Waals surface area contributed by atoms with Crippen molar-refractivity contribution in [2.75, 3.05) is 0 Å². The Labute approximate surface area is 81.1 Å². The maximum atomic E-state index is 13.2. The van der Waals surface area contributed by atoms with E-state index in [1.54, 1.807) is 6.07 Å². The predicted molar refractivity (Wildman–Crippen MR) is 50.0 cm³/mol. The molecule has 2 atom stereocenters. The fraction of sp³-hybridized carbons (Fsp3) is 0.333. The van der Waals surface area contributed by atoms with Gasteiger partial charge in [0.25, 0.3) is 0 Å². The van der Waals surface area contributed by atoms with Gasteiger partial charge in [-0.15, -0.1) is 0 Å². The van der Waals surface area contributed by atoms with Gasteiger partial charge in [0.2, 0.25) is 0 Å². The molecule has 0 saturated carbocycles. The van der Waals surface area contributed by atoms with Gasteiger partial charge in [0.15, 0.2) is 0 Å². The molecule has 1 aromatic rings. The van der Waals surface area contributed by atoms with Crippen LogP contribution in [0.1, 0.15) is 18.5 Å². The normalized spacial score (nSPS) is 15.5. The van der Waals surface area contributed by atoms with Crippen LogP contribution in [-0.4, -0.2) is 11.2 Å². The average Bonchev–Trinajstić information content (AvgIpc) is 2.03. The summed E-state index contributed by atoms with van der Waals surface area (Å²) in [7, 11) is 0. The van der Waals surface area contributed by atoms with Crippen molar-refractivity contribution in [3.63, 3.8) is 0 Å². The molecule has 72 valence electrons. The van der Waals surface area contributed by atoms with Crippen molar-refractivity contribution in [3.05, 3.63) is 34.6 Å². The van der Waals surface area contributed by atoms with Crippen LogP contribution in [0.25, 0.3) is 0 Å². The Morgan fingerprint density at radius 3 is 2.62 bits per heavy atom. The van der Waals surface area contributed by atoms with Gasteiger partial charge in [-0.3, -0.25) is 0 Å². The standard InChI is InChI=1S/C9H11ClFNO/c1-5(13)9(12)7-3-2-6(10)4-8(7)11/h2-5,9,13H,12H2,1H3/t5?,9-/m1/s1. The summed E-state index contributed by atoms with van der Waals surface area (Å²) in [5, 5.41) is 9.46. The van der Waals surface area contributed by atoms with Gasteiger partial charge in [0.1, 0.15) is 5.82 Å². The fourth-order valence-electron chi connectivity index (χ4n) is 1.03. The molecule has 0 aliphatic carbocycles. The van der Waals surface area contributed by atoms with E-state index in [1.807, 2.05) is 0 Å². The molecule has 0 heterocycles. The summed E-state index contributed by atoms with van der Waals surface area (Å²) in [6, 6.07) is 3.49. The van der Waals surface area contributed by atoms with Crippen LogP contribution in [0.2, 0.25) is 5.02 Å². The monoisotopic (exact) mass is 203 g/mol. The molecule has 0 saturated heterocycles. The first-order chi connectivity index (χ1) is 6.02. The topological polar surface area (TPSA) is 46.2 Å². The summed E-state index contributed by atoms with van der Waals surface area (Å²) in [6.45, 7) is 1.51. The van der Waals surface area contributed by atoms with E-state index in [-0.39, 0.29) is 5.56 Å². The quantitative estimate of drug-likeness (QED) is 0.771. The molecule has 0 amide bonds. The Balaban J connectivity index is 3.01. The van der Waals surface area contributed by atoms with Gasteiger partial charge in [-0.25, -0.2) is 4.39 Å². The van der Waals surface area contributed by atoms with Crippen LogP contribution in [-0.2, 0) is 0 Å². The zero-order valence-electron chi connectivity index (χ0n) is 7.17. The van der Waals surface area contributed by atoms with E-state index in [2.05, 4.69) is 0 Å². The minimum atomic E-state index is -0.782. The van der Waals surface area contributed by atoms with Crippen molar-refractivity contribution in [3.8, 4) is 0 Å². The van der Waals surface area contributed by atoms with Gasteiger partial charge >= 0.3 is 0 Å². The Kier molecular flexibility index (Phi) is 3.25. The number of hydrogen-bond acceptors (Lipinski definition) is 2. The second-order valence-corrected chi connectivity index (χ2v) is 3.37. The number of aliphatic hydroxyl groups is 1. The number of aliphatic hydroxyl groups excluding tert-OH is 1. The lowest BCUT2D eigenvalue weighted by molar-refractivity contribution is 0.162. The second-order valence-electron chi connectivity index (χ2n) is 2.93. The number of hydrogen-bond donors (Lipinski definition) is 2. The Bertz CT molecular complexity index is 304. The molecule has 0 aliphatic heterocycles. The number of nitrogens with two attached hydrogens (primary N) is 1. The molecule has 0 aliphatic rings. The maximum absolute atomic E-state index is 13.2. The lowest BCUT2D eigenvalue weighted by atomic mass is 10.0. The van der Waals surface area contributed by atoms with Crippen molar-refractivity contribution < 1.29 is 9.50 Å². The summed E-state index contributed by atoms with van der Waals surface area (Å²) in [4.78, 5) is 0. The zero-order valence-corrected chi connectivity index (χ0v) is 7.92. The third kappa shape index (κ3) is 2.40. The van der Waals surface area contributed by atoms with E-state index in [4.69, 9.17) is 22.4 Å². The SMILES string of the molecule is CC(O)[C@@H](N)c1ccc(Cl)cc1F. The number of benzene rings is 1. The highest BCUT2D eigenvalue weighted by atomic mass is 35.5. The van der Waals surface area contributed by atoms with Crippen molar-refractivity contribution in [1.29, 1.82) is 0 Å². The van der Waals surface area contributed by atoms with Crippen molar-refractivity contribution in [2.24, 2.45) is 5.73 Å². The summed E-state index contributed by atoms with van der Waals surface area (Å²) in [5.41, 5.74) is 5.83. The first kappa shape index (κ1) is 10.4. The van der Waals surface area contributed by atoms with Crippen LogP contribution in [0.3, 0.4) is 0 Å². The van der Waals surface area contributed by atoms with E-state index in [1.165, 1.54) is 19.1 Å². The molecule has 0 fully saturated rings. The van der Waals surface area contributed by atoms with Gasteiger partial charge in [-0.05, 0) is 19.1 Å². The minimum Gasteiger partial charge on any atom is -0.391 e. The number of halogens is 2. The minimum absolute atomic E-state index is 0.277. The Morgan fingerprint density at radius 2 is 2.15 bits per heavy atom. The second kappa shape index (κ2) is 4.05. The van der Waals surface area contributed by atoms with E-state index < -0.39 is 18.0 Å². The van der Waals surface area contributed by atoms with Gasteiger partial charge < -0.3 is 10.8 Å². The van der Waals surface area contributed by atoms with Crippen LogP contribution < -0.4 is 5.73 Å². The molecule has 4 heteroatoms. The van der Waals surface area contributed by atoms with E-state index >= 15 is 0 Å². The van der Waals surface area contributed by atoms with Crippen LogP contribution in [0, 0.1) is 5.82 Å². The van der Waals surface area contributed by atoms with Crippen LogP contribution in [0.15, 0.2) is 18.2 Å². The zero-order chi connectivity index (χ0) is 10.0. The van der Waals surface area contributed by atoms with Gasteiger partial charge in [-0.2, -0.15) is 0 Å². The van der Waals surface area contributed by atoms with Crippen LogP contribution in [0.4, 0.5) is 4.39 Å². The Morgan fingerprint density at radius 1 is 1.54 bits per heavy atom. The molecule has 1 rings (SSSR count). The molecule has 2 nitrogen and oxygen atoms in total. The lowest BCUT2D eigenvalue weighted by Crippen LogP contribution is -2.24. The van der Waals surface area contributed by atoms with Crippen molar-refractivity contribution in [2.45, 2.75) is 19.1 Å². The fourth-order valence-corrected chi connectivity index (χ4v) is 1.19. The first-order valence-electron chi connectivity index (χ1n) is 3.91. The molecular formula is C9H11ClFNO. The van der Waals surface area contributed by atoms with E-state index in [0.29, 0.717) is 5.02 Å². The third-order valence-electron chi connectivity index (χ3n) is 1.84. The van der Waals surface area contributed by atoms with Gasteiger partial charge in [0.05, 0.1) is 12.1 Å². The first-order valence-corrected chi connectivity index (χ1v) is 4.28. The molecule has 0 bridgehead atoms. The highest BCUT2D eigenvalue weighted by Crippen LogP contribution is 2.21. The molecule has 1 unspecified atom stereocenters. The predicted octanol–water partition coefficient (Wildman–Crippen LogP) is 1.86. The summed E-state index contributed by atoms with van der Waals surface area (Å²) < 4.78 is 13.2. The molecule has 3 N–H and O–H groups in total. The average molecular weight is 204 g/mol. The molecule has 0 radical (unpaired) electrons. The van der Waals surface area contributed by atoms with Crippen molar-refractivity contribution >= 4 is 11.6 Å². The molecule has 0 spiro atoms. The smallest absolute Gasteiger partial charge is 0.129 e. The highest BCUT2D eigenvalue weighted by molar-refractivity contribution is 6.30. The summed E-state index contributed by atoms with van der Waals surface area (Å²) >= 11 is 5.56. The third-order valence-corrected chi connectivity index (χ3v) is 2.08. The van der Waals surface area contributed by atoms with Gasteiger partial charge in [-0.1, -0.05) is 17.7 Å². The summed E-state index contributed by atoms with van der Waals surface area (Å²) in [5.74, 6) is -0.485. The van der Waals surface area contributed by atoms with Crippen LogP contribution >= 0.6 is 11.6 Å².